The monoisotopic (exact) mass is 215 g/mol. The van der Waals surface area contributed by atoms with E-state index in [0.29, 0.717) is 12.0 Å². The summed E-state index contributed by atoms with van der Waals surface area (Å²) in [6, 6.07) is 0.394. The minimum atomic E-state index is -0.161. The average molecular weight is 215 g/mol. The molecule has 82 valence electrons. The van der Waals surface area contributed by atoms with Crippen LogP contribution < -0.4 is 5.32 Å². The molecule has 0 aliphatic heterocycles. The molecule has 2 nitrogen and oxygen atoms in total. The van der Waals surface area contributed by atoms with Gasteiger partial charge in [-0.15, -0.1) is 0 Å². The van der Waals surface area contributed by atoms with Crippen LogP contribution in [0.2, 0.25) is 0 Å². The van der Waals surface area contributed by atoms with Gasteiger partial charge in [-0.25, -0.2) is 0 Å². The van der Waals surface area contributed by atoms with Crippen molar-refractivity contribution in [3.63, 3.8) is 0 Å². The molecule has 1 aliphatic rings. The first kappa shape index (κ1) is 11.9. The molecule has 0 saturated heterocycles. The van der Waals surface area contributed by atoms with Crippen LogP contribution in [0.15, 0.2) is 0 Å². The molecule has 0 bridgehead atoms. The van der Waals surface area contributed by atoms with E-state index < -0.39 is 0 Å². The van der Waals surface area contributed by atoms with E-state index in [4.69, 9.17) is 0 Å². The third kappa shape index (κ3) is 3.19. The fraction of sp³-hybridized carbons (Fsp3) is 0.909. The number of hydrogen-bond donors (Lipinski definition) is 2. The van der Waals surface area contributed by atoms with E-state index in [9.17, 15) is 4.79 Å². The van der Waals surface area contributed by atoms with Crippen LogP contribution in [0.25, 0.3) is 0 Å². The smallest absolute Gasteiger partial charge is 0.233 e. The Morgan fingerprint density at radius 3 is 2.50 bits per heavy atom. The Hall–Kier alpha value is -0.180. The number of amides is 1. The summed E-state index contributed by atoms with van der Waals surface area (Å²) in [5, 5.41) is 2.91. The number of carbonyl (C=O) groups excluding carboxylic acids is 1. The van der Waals surface area contributed by atoms with Gasteiger partial charge in [0.25, 0.3) is 0 Å². The lowest BCUT2D eigenvalue weighted by molar-refractivity contribution is -0.121. The molecule has 14 heavy (non-hydrogen) atoms. The van der Waals surface area contributed by atoms with Crippen molar-refractivity contribution >= 4 is 18.5 Å². The zero-order valence-electron chi connectivity index (χ0n) is 9.29. The van der Waals surface area contributed by atoms with Gasteiger partial charge in [0, 0.05) is 6.04 Å². The van der Waals surface area contributed by atoms with E-state index in [1.54, 1.807) is 0 Å². The van der Waals surface area contributed by atoms with E-state index >= 15 is 0 Å². The normalized spacial score (nSPS) is 29.2. The van der Waals surface area contributed by atoms with Gasteiger partial charge in [0.2, 0.25) is 5.91 Å². The third-order valence-corrected chi connectivity index (χ3v) is 3.77. The maximum atomic E-state index is 11.7. The van der Waals surface area contributed by atoms with Gasteiger partial charge in [0.1, 0.15) is 0 Å². The van der Waals surface area contributed by atoms with Crippen LogP contribution >= 0.6 is 12.6 Å². The first-order chi connectivity index (χ1) is 6.50. The SMILES string of the molecule is CC1CCC(NC(=O)C(S)C(C)C)C1. The second-order valence-corrected chi connectivity index (χ2v) is 5.37. The summed E-state index contributed by atoms with van der Waals surface area (Å²) in [6.45, 7) is 6.29. The summed E-state index contributed by atoms with van der Waals surface area (Å²) in [6.07, 6.45) is 3.50. The zero-order chi connectivity index (χ0) is 10.7. The maximum Gasteiger partial charge on any atom is 0.233 e. The van der Waals surface area contributed by atoms with Gasteiger partial charge >= 0.3 is 0 Å². The topological polar surface area (TPSA) is 29.1 Å². The number of nitrogens with one attached hydrogen (secondary N) is 1. The Kier molecular flexibility index (Phi) is 4.30. The van der Waals surface area contributed by atoms with Gasteiger partial charge in [0.15, 0.2) is 0 Å². The van der Waals surface area contributed by atoms with Crippen molar-refractivity contribution in [2.75, 3.05) is 0 Å². The predicted molar refractivity (Wildman–Crippen MR) is 62.6 cm³/mol. The van der Waals surface area contributed by atoms with Crippen molar-refractivity contribution in [2.45, 2.75) is 51.3 Å². The quantitative estimate of drug-likeness (QED) is 0.695. The van der Waals surface area contributed by atoms with Gasteiger partial charge in [-0.05, 0) is 31.1 Å². The van der Waals surface area contributed by atoms with Crippen molar-refractivity contribution in [3.8, 4) is 0 Å². The zero-order valence-corrected chi connectivity index (χ0v) is 10.2. The number of hydrogen-bond acceptors (Lipinski definition) is 2. The largest absolute Gasteiger partial charge is 0.352 e. The van der Waals surface area contributed by atoms with E-state index in [0.717, 1.165) is 18.8 Å². The molecule has 0 aromatic rings. The highest BCUT2D eigenvalue weighted by atomic mass is 32.1. The fourth-order valence-electron chi connectivity index (χ4n) is 1.93. The first-order valence-electron chi connectivity index (χ1n) is 5.49. The van der Waals surface area contributed by atoms with Crippen LogP contribution in [0.3, 0.4) is 0 Å². The highest BCUT2D eigenvalue weighted by molar-refractivity contribution is 7.81. The minimum absolute atomic E-state index is 0.0995. The summed E-state index contributed by atoms with van der Waals surface area (Å²) in [5.41, 5.74) is 0. The van der Waals surface area contributed by atoms with Crippen LogP contribution in [-0.2, 0) is 4.79 Å². The highest BCUT2D eigenvalue weighted by Gasteiger charge is 2.25. The van der Waals surface area contributed by atoms with E-state index in [1.165, 1.54) is 6.42 Å². The molecule has 1 rings (SSSR count). The number of rotatable bonds is 3. The minimum Gasteiger partial charge on any atom is -0.352 e. The molecule has 0 spiro atoms. The maximum absolute atomic E-state index is 11.7. The van der Waals surface area contributed by atoms with Crippen molar-refractivity contribution in [1.82, 2.24) is 5.32 Å². The molecular weight excluding hydrogens is 194 g/mol. The Labute approximate surface area is 92.2 Å². The van der Waals surface area contributed by atoms with Gasteiger partial charge in [-0.3, -0.25) is 4.79 Å². The van der Waals surface area contributed by atoms with Crippen LogP contribution in [0, 0.1) is 11.8 Å². The molecule has 1 N–H and O–H groups in total. The van der Waals surface area contributed by atoms with Gasteiger partial charge in [-0.2, -0.15) is 12.6 Å². The van der Waals surface area contributed by atoms with Crippen LogP contribution in [0.1, 0.15) is 40.0 Å². The number of thiol groups is 1. The highest BCUT2D eigenvalue weighted by Crippen LogP contribution is 2.25. The van der Waals surface area contributed by atoms with E-state index in [2.05, 4.69) is 24.9 Å². The summed E-state index contributed by atoms with van der Waals surface area (Å²) in [7, 11) is 0. The molecule has 0 heterocycles. The van der Waals surface area contributed by atoms with Crippen molar-refractivity contribution in [2.24, 2.45) is 11.8 Å². The van der Waals surface area contributed by atoms with Crippen LogP contribution in [0.4, 0.5) is 0 Å². The molecule has 1 amide bonds. The molecular formula is C11H21NOS. The molecule has 3 unspecified atom stereocenters. The Morgan fingerprint density at radius 1 is 1.43 bits per heavy atom. The van der Waals surface area contributed by atoms with Crippen LogP contribution in [0.5, 0.6) is 0 Å². The van der Waals surface area contributed by atoms with E-state index in [1.807, 2.05) is 13.8 Å². The summed E-state index contributed by atoms with van der Waals surface area (Å²) >= 11 is 4.30. The molecule has 0 radical (unpaired) electrons. The predicted octanol–water partition coefficient (Wildman–Crippen LogP) is 2.25. The summed E-state index contributed by atoms with van der Waals surface area (Å²) < 4.78 is 0. The second-order valence-electron chi connectivity index (χ2n) is 4.81. The summed E-state index contributed by atoms with van der Waals surface area (Å²) in [5.74, 6) is 1.16. The lowest BCUT2D eigenvalue weighted by atomic mass is 10.1. The third-order valence-electron chi connectivity index (χ3n) is 2.94. The second kappa shape index (κ2) is 5.06. The standard InChI is InChI=1S/C11H21NOS/c1-7(2)10(14)11(13)12-9-5-4-8(3)6-9/h7-10,14H,4-6H2,1-3H3,(H,12,13). The van der Waals surface area contributed by atoms with E-state index in [-0.39, 0.29) is 11.2 Å². The molecule has 0 aromatic carbocycles. The van der Waals surface area contributed by atoms with Crippen LogP contribution in [-0.4, -0.2) is 17.2 Å². The lowest BCUT2D eigenvalue weighted by Crippen LogP contribution is -2.40. The fourth-order valence-corrected chi connectivity index (χ4v) is 2.00. The van der Waals surface area contributed by atoms with Crippen molar-refractivity contribution in [1.29, 1.82) is 0 Å². The average Bonchev–Trinajstić information content (AvgIpc) is 2.49. The molecule has 3 atom stereocenters. The Morgan fingerprint density at radius 2 is 2.07 bits per heavy atom. The lowest BCUT2D eigenvalue weighted by Gasteiger charge is -2.18. The van der Waals surface area contributed by atoms with Gasteiger partial charge in [0.05, 0.1) is 5.25 Å². The van der Waals surface area contributed by atoms with Gasteiger partial charge < -0.3 is 5.32 Å². The van der Waals surface area contributed by atoms with Gasteiger partial charge in [-0.1, -0.05) is 20.8 Å². The summed E-state index contributed by atoms with van der Waals surface area (Å²) in [4.78, 5) is 11.7. The first-order valence-corrected chi connectivity index (χ1v) is 6.00. The molecule has 1 saturated carbocycles. The number of carbonyl (C=O) groups is 1. The molecule has 0 aromatic heterocycles. The van der Waals surface area contributed by atoms with Crippen molar-refractivity contribution < 1.29 is 4.79 Å². The van der Waals surface area contributed by atoms with Crippen molar-refractivity contribution in [3.05, 3.63) is 0 Å². The molecule has 1 fully saturated rings. The molecule has 3 heteroatoms. The Bertz CT molecular complexity index is 205. The Balaban J connectivity index is 2.33. The molecule has 1 aliphatic carbocycles.